The summed E-state index contributed by atoms with van der Waals surface area (Å²) in [7, 11) is 0. The van der Waals surface area contributed by atoms with Crippen molar-refractivity contribution in [3.05, 3.63) is 22.8 Å². The molecule has 1 atom stereocenters. The molecule has 0 bridgehead atoms. The van der Waals surface area contributed by atoms with Gasteiger partial charge >= 0.3 is 6.00 Å². The lowest BCUT2D eigenvalue weighted by atomic mass is 10.1. The van der Waals surface area contributed by atoms with Crippen molar-refractivity contribution >= 4 is 39.2 Å². The second-order valence-corrected chi connectivity index (χ2v) is 12.0. The van der Waals surface area contributed by atoms with Crippen LogP contribution in [0.25, 0.3) is 0 Å². The Hall–Kier alpha value is 0.567. The first-order valence-electron chi connectivity index (χ1n) is 3.77. The standard InChI is InChI=1S/C8H11Cl3Si/c1-5-4-8(12(9,10)11)7(3)6(5)2/h4,8H,1-3H3. The normalized spacial score (nSPS) is 24.8. The smallest absolute Gasteiger partial charge is 0.125 e. The highest BCUT2D eigenvalue weighted by atomic mass is 35.8. The topological polar surface area (TPSA) is 0 Å². The van der Waals surface area contributed by atoms with Crippen LogP contribution in [-0.2, 0) is 0 Å². The van der Waals surface area contributed by atoms with Gasteiger partial charge in [0.05, 0.1) is 0 Å². The van der Waals surface area contributed by atoms with Crippen LogP contribution in [0.3, 0.4) is 0 Å². The molecule has 0 N–H and O–H groups in total. The molecular formula is C8H11Cl3Si. The molecule has 0 saturated heterocycles. The molecule has 12 heavy (non-hydrogen) atoms. The van der Waals surface area contributed by atoms with E-state index in [2.05, 4.69) is 19.9 Å². The molecule has 0 heterocycles. The van der Waals surface area contributed by atoms with Gasteiger partial charge in [0.25, 0.3) is 0 Å². The molecular weight excluding hydrogens is 231 g/mol. The second-order valence-electron chi connectivity index (χ2n) is 3.18. The minimum Gasteiger partial charge on any atom is -0.125 e. The summed E-state index contributed by atoms with van der Waals surface area (Å²) in [5, 5.41) is 0. The average molecular weight is 242 g/mol. The second kappa shape index (κ2) is 3.37. The number of allylic oxidation sites excluding steroid dienone is 4. The zero-order valence-corrected chi connectivity index (χ0v) is 10.6. The van der Waals surface area contributed by atoms with Crippen molar-refractivity contribution in [2.24, 2.45) is 0 Å². The lowest BCUT2D eigenvalue weighted by Gasteiger charge is -2.16. The lowest BCUT2D eigenvalue weighted by Crippen LogP contribution is -2.17. The largest absolute Gasteiger partial charge is 0.351 e. The van der Waals surface area contributed by atoms with Crippen LogP contribution >= 0.6 is 33.2 Å². The summed E-state index contributed by atoms with van der Waals surface area (Å²) in [6.45, 7) is 6.18. The van der Waals surface area contributed by atoms with E-state index < -0.39 is 6.00 Å². The van der Waals surface area contributed by atoms with E-state index in [1.807, 2.05) is 6.92 Å². The summed E-state index contributed by atoms with van der Waals surface area (Å²) in [4.78, 5) is 0. The molecule has 0 radical (unpaired) electrons. The Bertz CT molecular complexity index is 260. The highest BCUT2D eigenvalue weighted by molar-refractivity contribution is 7.65. The third-order valence-electron chi connectivity index (χ3n) is 2.42. The molecule has 1 aliphatic carbocycles. The summed E-state index contributed by atoms with van der Waals surface area (Å²) in [6, 6.07) is -2.59. The van der Waals surface area contributed by atoms with E-state index in [1.165, 1.54) is 16.7 Å². The zero-order valence-electron chi connectivity index (χ0n) is 7.29. The highest BCUT2D eigenvalue weighted by Crippen LogP contribution is 2.46. The molecule has 0 saturated carbocycles. The Morgan fingerprint density at radius 2 is 1.67 bits per heavy atom. The molecule has 4 heteroatoms. The van der Waals surface area contributed by atoms with Gasteiger partial charge in [-0.2, -0.15) is 0 Å². The molecule has 0 aromatic heterocycles. The van der Waals surface area contributed by atoms with Gasteiger partial charge in [0.2, 0.25) is 0 Å². The third-order valence-corrected chi connectivity index (χ3v) is 5.84. The van der Waals surface area contributed by atoms with Gasteiger partial charge in [-0.1, -0.05) is 17.2 Å². The zero-order chi connectivity index (χ0) is 9.52. The van der Waals surface area contributed by atoms with Crippen LogP contribution in [0.2, 0.25) is 5.54 Å². The first kappa shape index (κ1) is 10.6. The van der Waals surface area contributed by atoms with Crippen molar-refractivity contribution in [1.29, 1.82) is 0 Å². The summed E-state index contributed by atoms with van der Waals surface area (Å²) in [5.74, 6) is 0. The first-order valence-corrected chi connectivity index (χ1v) is 8.88. The molecule has 0 spiro atoms. The van der Waals surface area contributed by atoms with Crippen molar-refractivity contribution in [1.82, 2.24) is 0 Å². The van der Waals surface area contributed by atoms with Crippen LogP contribution in [0.15, 0.2) is 22.8 Å². The van der Waals surface area contributed by atoms with Crippen molar-refractivity contribution in [2.75, 3.05) is 0 Å². The minimum absolute atomic E-state index is 0.0856. The SMILES string of the molecule is CC1=CC([Si](Cl)(Cl)Cl)C(C)=C1C. The number of hydrogen-bond acceptors (Lipinski definition) is 0. The van der Waals surface area contributed by atoms with Gasteiger partial charge in [-0.15, -0.1) is 33.2 Å². The predicted octanol–water partition coefficient (Wildman–Crippen LogP) is 4.31. The Morgan fingerprint density at radius 1 is 1.17 bits per heavy atom. The van der Waals surface area contributed by atoms with Gasteiger partial charge in [0, 0.05) is 5.54 Å². The first-order chi connectivity index (χ1) is 5.34. The van der Waals surface area contributed by atoms with Gasteiger partial charge < -0.3 is 0 Å². The maximum Gasteiger partial charge on any atom is 0.351 e. The minimum atomic E-state index is -2.59. The quantitative estimate of drug-likeness (QED) is 0.474. The van der Waals surface area contributed by atoms with Crippen LogP contribution in [0.4, 0.5) is 0 Å². The van der Waals surface area contributed by atoms with Gasteiger partial charge in [-0.3, -0.25) is 0 Å². The van der Waals surface area contributed by atoms with E-state index in [1.54, 1.807) is 0 Å². The summed E-state index contributed by atoms with van der Waals surface area (Å²) in [5.41, 5.74) is 3.83. The van der Waals surface area contributed by atoms with E-state index in [0.29, 0.717) is 0 Å². The van der Waals surface area contributed by atoms with E-state index in [0.717, 1.165) is 0 Å². The van der Waals surface area contributed by atoms with Gasteiger partial charge in [-0.25, -0.2) is 0 Å². The Balaban J connectivity index is 3.01. The van der Waals surface area contributed by atoms with Crippen LogP contribution in [0.5, 0.6) is 0 Å². The fourth-order valence-electron chi connectivity index (χ4n) is 1.38. The number of rotatable bonds is 1. The molecule has 0 amide bonds. The molecule has 68 valence electrons. The molecule has 1 unspecified atom stereocenters. The molecule has 0 fully saturated rings. The fourth-order valence-corrected chi connectivity index (χ4v) is 4.57. The molecule has 0 aromatic carbocycles. The van der Waals surface area contributed by atoms with Crippen molar-refractivity contribution < 1.29 is 0 Å². The van der Waals surface area contributed by atoms with Crippen LogP contribution in [0, 0.1) is 0 Å². The molecule has 1 aliphatic rings. The van der Waals surface area contributed by atoms with Crippen LogP contribution < -0.4 is 0 Å². The molecule has 0 aromatic rings. The summed E-state index contributed by atoms with van der Waals surface area (Å²) < 4.78 is 0. The van der Waals surface area contributed by atoms with E-state index in [9.17, 15) is 0 Å². The fraction of sp³-hybridized carbons (Fsp3) is 0.500. The van der Waals surface area contributed by atoms with Crippen LogP contribution in [-0.4, -0.2) is 6.00 Å². The van der Waals surface area contributed by atoms with Gasteiger partial charge in [0.15, 0.2) is 0 Å². The molecule has 1 rings (SSSR count). The predicted molar refractivity (Wildman–Crippen MR) is 59.2 cm³/mol. The van der Waals surface area contributed by atoms with Crippen molar-refractivity contribution in [2.45, 2.75) is 26.3 Å². The Kier molecular flexibility index (Phi) is 2.99. The monoisotopic (exact) mass is 240 g/mol. The van der Waals surface area contributed by atoms with E-state index in [-0.39, 0.29) is 5.54 Å². The number of hydrogen-bond donors (Lipinski definition) is 0. The maximum atomic E-state index is 5.96. The third kappa shape index (κ3) is 1.90. The Morgan fingerprint density at radius 3 is 1.83 bits per heavy atom. The van der Waals surface area contributed by atoms with E-state index in [4.69, 9.17) is 33.2 Å². The average Bonchev–Trinajstić information content (AvgIpc) is 2.15. The van der Waals surface area contributed by atoms with Crippen molar-refractivity contribution in [3.8, 4) is 0 Å². The van der Waals surface area contributed by atoms with Crippen molar-refractivity contribution in [3.63, 3.8) is 0 Å². The van der Waals surface area contributed by atoms with Crippen LogP contribution in [0.1, 0.15) is 20.8 Å². The number of halogens is 3. The van der Waals surface area contributed by atoms with Gasteiger partial charge in [0.1, 0.15) is 0 Å². The van der Waals surface area contributed by atoms with E-state index >= 15 is 0 Å². The summed E-state index contributed by atoms with van der Waals surface area (Å²) >= 11 is 17.9. The lowest BCUT2D eigenvalue weighted by molar-refractivity contribution is 1.19. The summed E-state index contributed by atoms with van der Waals surface area (Å²) in [6.07, 6.45) is 2.07. The Labute approximate surface area is 88.3 Å². The molecule has 0 aliphatic heterocycles. The highest BCUT2D eigenvalue weighted by Gasteiger charge is 2.39. The van der Waals surface area contributed by atoms with Gasteiger partial charge in [-0.05, 0) is 26.3 Å². The maximum absolute atomic E-state index is 5.96. The molecule has 0 nitrogen and oxygen atoms in total.